The molecule has 4 rings (SSSR count). The molecule has 0 atom stereocenters. The van der Waals surface area contributed by atoms with Crippen LogP contribution in [0.4, 0.5) is 11.4 Å². The van der Waals surface area contributed by atoms with E-state index in [0.29, 0.717) is 27.5 Å². The molecule has 1 aliphatic heterocycles. The van der Waals surface area contributed by atoms with E-state index in [4.69, 9.17) is 22.4 Å². The van der Waals surface area contributed by atoms with Gasteiger partial charge in [-0.15, -0.1) is 0 Å². The molecule has 0 aliphatic carbocycles. The number of halogens is 1. The number of carboxylic acid groups (broad SMARTS) is 1. The SMILES string of the molecule is CC(C)(N)c1ccc(N/C(=C2\C(=O)Nc3cc(Cl)ccc32)c2ccc(CC(=O)O)cc2)cc1. The third-order valence-corrected chi connectivity index (χ3v) is 5.71. The predicted molar refractivity (Wildman–Crippen MR) is 132 cm³/mol. The fourth-order valence-corrected chi connectivity index (χ4v) is 3.94. The van der Waals surface area contributed by atoms with Gasteiger partial charge in [-0.2, -0.15) is 0 Å². The Hall–Kier alpha value is -3.61. The van der Waals surface area contributed by atoms with E-state index < -0.39 is 11.5 Å². The fourth-order valence-electron chi connectivity index (χ4n) is 3.76. The average Bonchev–Trinajstić information content (AvgIpc) is 3.06. The van der Waals surface area contributed by atoms with Crippen molar-refractivity contribution in [3.05, 3.63) is 94.0 Å². The van der Waals surface area contributed by atoms with Gasteiger partial charge in [-0.3, -0.25) is 9.59 Å². The molecule has 0 saturated carbocycles. The second-order valence-electron chi connectivity index (χ2n) is 8.59. The van der Waals surface area contributed by atoms with Crippen molar-refractivity contribution in [2.45, 2.75) is 25.8 Å². The van der Waals surface area contributed by atoms with Crippen LogP contribution in [-0.2, 0) is 21.5 Å². The minimum Gasteiger partial charge on any atom is -0.481 e. The number of fused-ring (bicyclic) bond motifs is 1. The van der Waals surface area contributed by atoms with Crippen molar-refractivity contribution < 1.29 is 14.7 Å². The summed E-state index contributed by atoms with van der Waals surface area (Å²) in [6.45, 7) is 3.87. The van der Waals surface area contributed by atoms with Gasteiger partial charge in [0.25, 0.3) is 5.91 Å². The molecule has 33 heavy (non-hydrogen) atoms. The molecule has 0 saturated heterocycles. The van der Waals surface area contributed by atoms with Crippen LogP contribution < -0.4 is 16.4 Å². The highest BCUT2D eigenvalue weighted by molar-refractivity contribution is 6.38. The summed E-state index contributed by atoms with van der Waals surface area (Å²) in [4.78, 5) is 24.0. The first-order valence-electron chi connectivity index (χ1n) is 10.4. The highest BCUT2D eigenvalue weighted by Crippen LogP contribution is 2.39. The standard InChI is InChI=1S/C26H24ClN3O3/c1-26(2,28)17-7-10-19(11-8-17)29-24(16-5-3-15(4-6-16)13-22(31)32)23-20-12-9-18(27)14-21(20)30-25(23)33/h3-12,14,29H,13,28H2,1-2H3,(H,30,33)(H,31,32)/b24-23-. The molecule has 0 fully saturated rings. The van der Waals surface area contributed by atoms with E-state index in [1.165, 1.54) is 0 Å². The topological polar surface area (TPSA) is 104 Å². The number of nitrogens with two attached hydrogens (primary N) is 1. The summed E-state index contributed by atoms with van der Waals surface area (Å²) in [7, 11) is 0. The maximum Gasteiger partial charge on any atom is 0.307 e. The van der Waals surface area contributed by atoms with Crippen molar-refractivity contribution in [2.24, 2.45) is 5.73 Å². The van der Waals surface area contributed by atoms with Gasteiger partial charge in [-0.1, -0.05) is 54.1 Å². The number of nitrogens with one attached hydrogen (secondary N) is 2. The Morgan fingerprint density at radius 1 is 1.06 bits per heavy atom. The molecule has 7 heteroatoms. The monoisotopic (exact) mass is 461 g/mol. The fraction of sp³-hybridized carbons (Fsp3) is 0.154. The third-order valence-electron chi connectivity index (χ3n) is 5.47. The largest absolute Gasteiger partial charge is 0.481 e. The summed E-state index contributed by atoms with van der Waals surface area (Å²) < 4.78 is 0. The zero-order valence-corrected chi connectivity index (χ0v) is 19.0. The van der Waals surface area contributed by atoms with E-state index in [2.05, 4.69) is 10.6 Å². The summed E-state index contributed by atoms with van der Waals surface area (Å²) in [6, 6.07) is 20.1. The Morgan fingerprint density at radius 2 is 1.73 bits per heavy atom. The normalized spacial score (nSPS) is 14.5. The second kappa shape index (κ2) is 8.73. The first-order valence-corrected chi connectivity index (χ1v) is 10.8. The van der Waals surface area contributed by atoms with Crippen molar-refractivity contribution in [3.63, 3.8) is 0 Å². The van der Waals surface area contributed by atoms with Crippen LogP contribution in [0.1, 0.15) is 36.1 Å². The number of aliphatic carboxylic acids is 1. The summed E-state index contributed by atoms with van der Waals surface area (Å²) in [5.74, 6) is -1.15. The molecule has 5 N–H and O–H groups in total. The van der Waals surface area contributed by atoms with Gasteiger partial charge in [0.1, 0.15) is 0 Å². The van der Waals surface area contributed by atoms with E-state index in [0.717, 1.165) is 22.4 Å². The van der Waals surface area contributed by atoms with Crippen LogP contribution in [0.5, 0.6) is 0 Å². The van der Waals surface area contributed by atoms with Gasteiger partial charge in [0, 0.05) is 21.8 Å². The van der Waals surface area contributed by atoms with Crippen LogP contribution in [0.2, 0.25) is 5.02 Å². The molecule has 1 heterocycles. The Labute approximate surface area is 197 Å². The highest BCUT2D eigenvalue weighted by atomic mass is 35.5. The zero-order valence-electron chi connectivity index (χ0n) is 18.3. The van der Waals surface area contributed by atoms with E-state index in [1.807, 2.05) is 56.3 Å². The molecule has 3 aromatic rings. The minimum atomic E-state index is -0.900. The predicted octanol–water partition coefficient (Wildman–Crippen LogP) is 5.09. The lowest BCUT2D eigenvalue weighted by atomic mass is 9.95. The molecule has 1 aliphatic rings. The van der Waals surface area contributed by atoms with Crippen LogP contribution in [0, 0.1) is 0 Å². The van der Waals surface area contributed by atoms with Gasteiger partial charge >= 0.3 is 5.97 Å². The summed E-state index contributed by atoms with van der Waals surface area (Å²) in [5.41, 5.74) is 11.4. The lowest BCUT2D eigenvalue weighted by Gasteiger charge is -2.20. The number of hydrogen-bond acceptors (Lipinski definition) is 4. The molecule has 168 valence electrons. The molecule has 0 spiro atoms. The molecular weight excluding hydrogens is 438 g/mol. The summed E-state index contributed by atoms with van der Waals surface area (Å²) in [5, 5.41) is 15.9. The first-order chi connectivity index (χ1) is 15.6. The minimum absolute atomic E-state index is 0.0717. The third kappa shape index (κ3) is 4.92. The van der Waals surface area contributed by atoms with Gasteiger partial charge in [-0.05, 0) is 54.8 Å². The highest BCUT2D eigenvalue weighted by Gasteiger charge is 2.28. The number of benzene rings is 3. The molecule has 0 unspecified atom stereocenters. The number of carbonyl (C=O) groups is 2. The number of carboxylic acids is 1. The van der Waals surface area contributed by atoms with Crippen LogP contribution in [0.3, 0.4) is 0 Å². The number of hydrogen-bond donors (Lipinski definition) is 4. The van der Waals surface area contributed by atoms with Crippen molar-refractivity contribution in [3.8, 4) is 0 Å². The summed E-state index contributed by atoms with van der Waals surface area (Å²) in [6.07, 6.45) is -0.0717. The Balaban J connectivity index is 1.81. The van der Waals surface area contributed by atoms with Crippen LogP contribution in [0.25, 0.3) is 11.3 Å². The zero-order chi connectivity index (χ0) is 23.8. The molecule has 3 aromatic carbocycles. The van der Waals surface area contributed by atoms with Gasteiger partial charge < -0.3 is 21.5 Å². The number of rotatable bonds is 6. The molecule has 0 bridgehead atoms. The number of anilines is 2. The Bertz CT molecular complexity index is 1260. The van der Waals surface area contributed by atoms with Crippen molar-refractivity contribution in [1.29, 1.82) is 0 Å². The van der Waals surface area contributed by atoms with Gasteiger partial charge in [0.2, 0.25) is 0 Å². The maximum atomic E-state index is 13.0. The van der Waals surface area contributed by atoms with Crippen molar-refractivity contribution in [1.82, 2.24) is 0 Å². The smallest absolute Gasteiger partial charge is 0.307 e. The molecule has 6 nitrogen and oxygen atoms in total. The Kier molecular flexibility index (Phi) is 5.97. The molecule has 1 amide bonds. The van der Waals surface area contributed by atoms with Crippen LogP contribution in [-0.4, -0.2) is 17.0 Å². The van der Waals surface area contributed by atoms with E-state index in [-0.39, 0.29) is 12.3 Å². The average molecular weight is 462 g/mol. The quantitative estimate of drug-likeness (QED) is 0.382. The van der Waals surface area contributed by atoms with Gasteiger partial charge in [-0.25, -0.2) is 0 Å². The Morgan fingerprint density at radius 3 is 2.33 bits per heavy atom. The summed E-state index contributed by atoms with van der Waals surface area (Å²) >= 11 is 6.11. The van der Waals surface area contributed by atoms with E-state index in [9.17, 15) is 9.59 Å². The first kappa shape index (κ1) is 22.6. The number of amides is 1. The van der Waals surface area contributed by atoms with E-state index in [1.54, 1.807) is 24.3 Å². The van der Waals surface area contributed by atoms with E-state index >= 15 is 0 Å². The van der Waals surface area contributed by atoms with Gasteiger partial charge in [0.05, 0.1) is 23.4 Å². The second-order valence-corrected chi connectivity index (χ2v) is 9.02. The van der Waals surface area contributed by atoms with Crippen molar-refractivity contribution >= 4 is 46.1 Å². The lowest BCUT2D eigenvalue weighted by molar-refractivity contribution is -0.136. The van der Waals surface area contributed by atoms with Crippen molar-refractivity contribution in [2.75, 3.05) is 10.6 Å². The maximum absolute atomic E-state index is 13.0. The molecule has 0 aromatic heterocycles. The molecule has 0 radical (unpaired) electrons. The lowest BCUT2D eigenvalue weighted by Crippen LogP contribution is -2.28. The number of carbonyl (C=O) groups excluding carboxylic acids is 1. The molecular formula is C26H24ClN3O3. The van der Waals surface area contributed by atoms with Crippen LogP contribution in [0.15, 0.2) is 66.7 Å². The van der Waals surface area contributed by atoms with Gasteiger partial charge in [0.15, 0.2) is 0 Å². The van der Waals surface area contributed by atoms with Crippen LogP contribution >= 0.6 is 11.6 Å².